The van der Waals surface area contributed by atoms with Crippen molar-refractivity contribution in [3.8, 4) is 0 Å². The molecule has 0 atom stereocenters. The topological polar surface area (TPSA) is 21.8 Å². The molecule has 23 heavy (non-hydrogen) atoms. The van der Waals surface area contributed by atoms with Crippen molar-refractivity contribution in [1.29, 1.82) is 0 Å². The largest absolute Gasteiger partial charge is 0.339 e. The molecule has 2 aliphatic rings. The van der Waals surface area contributed by atoms with Gasteiger partial charge in [0.2, 0.25) is 0 Å². The standard InChI is InChI=1S/C18H19BrN4/c1-13-18-16-8-3-4-9-17(16)22(10-11-23(18)21(2)20-13)15-7-5-6-14(19)12-15/h3-9,12,20H,10-11H2,1-2H3. The molecule has 0 radical (unpaired) electrons. The summed E-state index contributed by atoms with van der Waals surface area (Å²) >= 11 is 3.59. The predicted octanol–water partition coefficient (Wildman–Crippen LogP) is 3.96. The van der Waals surface area contributed by atoms with Gasteiger partial charge in [-0.05, 0) is 31.2 Å². The van der Waals surface area contributed by atoms with Crippen LogP contribution in [0.3, 0.4) is 0 Å². The number of benzene rings is 2. The Balaban J connectivity index is 1.88. The summed E-state index contributed by atoms with van der Waals surface area (Å²) < 4.78 is 1.10. The van der Waals surface area contributed by atoms with Gasteiger partial charge < -0.3 is 10.3 Å². The number of hydrazine groups is 2. The average molecular weight is 371 g/mol. The second-order valence-electron chi connectivity index (χ2n) is 5.88. The van der Waals surface area contributed by atoms with Crippen molar-refractivity contribution in [3.63, 3.8) is 0 Å². The molecule has 2 aliphatic heterocycles. The quantitative estimate of drug-likeness (QED) is 0.819. The van der Waals surface area contributed by atoms with Gasteiger partial charge in [0.15, 0.2) is 0 Å². The minimum Gasteiger partial charge on any atom is -0.339 e. The molecule has 4 nitrogen and oxygen atoms in total. The van der Waals surface area contributed by atoms with Crippen molar-refractivity contribution in [1.82, 2.24) is 15.6 Å². The number of anilines is 2. The van der Waals surface area contributed by atoms with Crippen LogP contribution in [0.15, 0.2) is 58.7 Å². The molecule has 0 unspecified atom stereocenters. The second kappa shape index (κ2) is 5.58. The Morgan fingerprint density at radius 2 is 1.87 bits per heavy atom. The molecule has 4 rings (SSSR count). The summed E-state index contributed by atoms with van der Waals surface area (Å²) in [7, 11) is 2.06. The van der Waals surface area contributed by atoms with E-state index in [-0.39, 0.29) is 0 Å². The summed E-state index contributed by atoms with van der Waals surface area (Å²) in [6.07, 6.45) is 0. The maximum Gasteiger partial charge on any atom is 0.0834 e. The second-order valence-corrected chi connectivity index (χ2v) is 6.80. The highest BCUT2D eigenvalue weighted by molar-refractivity contribution is 9.10. The van der Waals surface area contributed by atoms with Crippen LogP contribution in [-0.4, -0.2) is 30.3 Å². The lowest BCUT2D eigenvalue weighted by Crippen LogP contribution is -2.41. The van der Waals surface area contributed by atoms with Gasteiger partial charge in [-0.25, -0.2) is 0 Å². The first-order chi connectivity index (χ1) is 11.1. The number of hydrogen-bond donors (Lipinski definition) is 1. The van der Waals surface area contributed by atoms with E-state index in [9.17, 15) is 0 Å². The fourth-order valence-corrected chi connectivity index (χ4v) is 3.83. The monoisotopic (exact) mass is 370 g/mol. The SMILES string of the molecule is CC1=C2c3ccccc3N(c3cccc(Br)c3)CCN2N(C)N1. The summed E-state index contributed by atoms with van der Waals surface area (Å²) in [6.45, 7) is 3.99. The molecule has 5 heteroatoms. The molecule has 0 aliphatic carbocycles. The lowest BCUT2D eigenvalue weighted by Gasteiger charge is -2.28. The molecule has 0 saturated carbocycles. The van der Waals surface area contributed by atoms with Crippen molar-refractivity contribution in [2.45, 2.75) is 6.92 Å². The first-order valence-corrected chi connectivity index (χ1v) is 8.55. The van der Waals surface area contributed by atoms with Crippen LogP contribution in [0.5, 0.6) is 0 Å². The van der Waals surface area contributed by atoms with Gasteiger partial charge in [0.25, 0.3) is 0 Å². The Hall–Kier alpha value is -1.98. The van der Waals surface area contributed by atoms with Crippen molar-refractivity contribution >= 4 is 33.0 Å². The van der Waals surface area contributed by atoms with Gasteiger partial charge in [0.05, 0.1) is 23.6 Å². The Kier molecular flexibility index (Phi) is 3.54. The van der Waals surface area contributed by atoms with E-state index in [2.05, 4.69) is 98.9 Å². The maximum absolute atomic E-state index is 3.59. The number of para-hydroxylation sites is 1. The first kappa shape index (κ1) is 14.6. The van der Waals surface area contributed by atoms with Crippen LogP contribution in [-0.2, 0) is 0 Å². The third-order valence-electron chi connectivity index (χ3n) is 4.41. The van der Waals surface area contributed by atoms with Crippen molar-refractivity contribution < 1.29 is 0 Å². The molecular weight excluding hydrogens is 352 g/mol. The fraction of sp³-hybridized carbons (Fsp3) is 0.222. The highest BCUT2D eigenvalue weighted by atomic mass is 79.9. The number of rotatable bonds is 1. The Morgan fingerprint density at radius 3 is 2.70 bits per heavy atom. The van der Waals surface area contributed by atoms with Crippen LogP contribution in [0.25, 0.3) is 5.70 Å². The number of nitrogens with one attached hydrogen (secondary N) is 1. The van der Waals surface area contributed by atoms with Gasteiger partial charge in [0.1, 0.15) is 0 Å². The number of hydrogen-bond acceptors (Lipinski definition) is 4. The molecule has 0 amide bonds. The van der Waals surface area contributed by atoms with Gasteiger partial charge >= 0.3 is 0 Å². The zero-order chi connectivity index (χ0) is 16.0. The molecule has 0 saturated heterocycles. The number of allylic oxidation sites excluding steroid dienone is 1. The van der Waals surface area contributed by atoms with E-state index in [4.69, 9.17) is 0 Å². The first-order valence-electron chi connectivity index (χ1n) is 7.76. The minimum absolute atomic E-state index is 0.927. The molecule has 2 heterocycles. The number of nitrogens with zero attached hydrogens (tertiary/aromatic N) is 3. The molecule has 0 bridgehead atoms. The molecule has 0 spiro atoms. The van der Waals surface area contributed by atoms with Gasteiger partial charge in [-0.3, -0.25) is 5.01 Å². The normalized spacial score (nSPS) is 17.7. The summed E-state index contributed by atoms with van der Waals surface area (Å²) in [5.74, 6) is 0. The minimum atomic E-state index is 0.927. The van der Waals surface area contributed by atoms with Crippen LogP contribution in [0.2, 0.25) is 0 Å². The number of fused-ring (bicyclic) bond motifs is 3. The van der Waals surface area contributed by atoms with E-state index in [1.807, 2.05) is 0 Å². The molecule has 0 aromatic heterocycles. The van der Waals surface area contributed by atoms with E-state index in [1.165, 1.54) is 28.3 Å². The van der Waals surface area contributed by atoms with Crippen LogP contribution in [0.1, 0.15) is 12.5 Å². The van der Waals surface area contributed by atoms with Gasteiger partial charge in [-0.2, -0.15) is 0 Å². The molecule has 2 aromatic carbocycles. The zero-order valence-electron chi connectivity index (χ0n) is 13.3. The maximum atomic E-state index is 3.59. The molecule has 1 N–H and O–H groups in total. The Bertz CT molecular complexity index is 786. The van der Waals surface area contributed by atoms with E-state index in [0.717, 1.165) is 17.6 Å². The van der Waals surface area contributed by atoms with Gasteiger partial charge in [-0.15, -0.1) is 5.12 Å². The third-order valence-corrected chi connectivity index (χ3v) is 4.90. The van der Waals surface area contributed by atoms with E-state index >= 15 is 0 Å². The van der Waals surface area contributed by atoms with Crippen LogP contribution in [0, 0.1) is 0 Å². The lowest BCUT2D eigenvalue weighted by atomic mass is 10.1. The summed E-state index contributed by atoms with van der Waals surface area (Å²) in [4.78, 5) is 2.40. The fourth-order valence-electron chi connectivity index (χ4n) is 3.44. The molecular formula is C18H19BrN4. The van der Waals surface area contributed by atoms with Gasteiger partial charge in [0, 0.05) is 29.3 Å². The highest BCUT2D eigenvalue weighted by Gasteiger charge is 2.31. The van der Waals surface area contributed by atoms with E-state index < -0.39 is 0 Å². The van der Waals surface area contributed by atoms with Crippen molar-refractivity contribution in [2.75, 3.05) is 25.0 Å². The Morgan fingerprint density at radius 1 is 1.04 bits per heavy atom. The zero-order valence-corrected chi connectivity index (χ0v) is 14.8. The average Bonchev–Trinajstić information content (AvgIpc) is 2.73. The van der Waals surface area contributed by atoms with Crippen molar-refractivity contribution in [3.05, 3.63) is 64.3 Å². The number of halogens is 1. The highest BCUT2D eigenvalue weighted by Crippen LogP contribution is 2.39. The van der Waals surface area contributed by atoms with E-state index in [1.54, 1.807) is 0 Å². The summed E-state index contributed by atoms with van der Waals surface area (Å²) in [6, 6.07) is 17.1. The molecule has 2 aromatic rings. The molecule has 0 fully saturated rings. The van der Waals surface area contributed by atoms with E-state index in [0.29, 0.717) is 0 Å². The lowest BCUT2D eigenvalue weighted by molar-refractivity contribution is 0.0492. The summed E-state index contributed by atoms with van der Waals surface area (Å²) in [5, 5.41) is 4.39. The molecule has 118 valence electrons. The third kappa shape index (κ3) is 2.40. The predicted molar refractivity (Wildman–Crippen MR) is 97.8 cm³/mol. The van der Waals surface area contributed by atoms with Gasteiger partial charge in [-0.1, -0.05) is 40.2 Å². The smallest absolute Gasteiger partial charge is 0.0834 e. The summed E-state index contributed by atoms with van der Waals surface area (Å²) in [5.41, 5.74) is 9.58. The van der Waals surface area contributed by atoms with Crippen molar-refractivity contribution in [2.24, 2.45) is 0 Å². The van der Waals surface area contributed by atoms with Crippen LogP contribution in [0.4, 0.5) is 11.4 Å². The Labute approximate surface area is 145 Å². The van der Waals surface area contributed by atoms with Crippen LogP contribution >= 0.6 is 15.9 Å². The van der Waals surface area contributed by atoms with Crippen LogP contribution < -0.4 is 10.3 Å².